The molecule has 1 N–H and O–H groups in total. The SMILES string of the molecule is Cc1ccc(S(=O)(=O)OCCC[C@H]2CCCC(=O)N2)cc1. The summed E-state index contributed by atoms with van der Waals surface area (Å²) in [6.45, 7) is 2.04. The number of hydrogen-bond acceptors (Lipinski definition) is 4. The van der Waals surface area contributed by atoms with Crippen molar-refractivity contribution in [2.75, 3.05) is 6.61 Å². The molecule has 0 aliphatic carbocycles. The highest BCUT2D eigenvalue weighted by Gasteiger charge is 2.18. The average Bonchev–Trinajstić information content (AvgIpc) is 2.44. The van der Waals surface area contributed by atoms with Gasteiger partial charge in [-0.3, -0.25) is 8.98 Å². The molecule has 5 nitrogen and oxygen atoms in total. The first-order valence-electron chi connectivity index (χ1n) is 7.23. The summed E-state index contributed by atoms with van der Waals surface area (Å²) in [5, 5.41) is 2.91. The highest BCUT2D eigenvalue weighted by Crippen LogP contribution is 2.16. The predicted octanol–water partition coefficient (Wildman–Crippen LogP) is 2.15. The van der Waals surface area contributed by atoms with Crippen molar-refractivity contribution in [3.63, 3.8) is 0 Å². The molecule has 0 unspecified atom stereocenters. The van der Waals surface area contributed by atoms with Crippen LogP contribution in [0.2, 0.25) is 0 Å². The third-order valence-corrected chi connectivity index (χ3v) is 4.89. The van der Waals surface area contributed by atoms with Crippen molar-refractivity contribution < 1.29 is 17.4 Å². The van der Waals surface area contributed by atoms with Crippen molar-refractivity contribution in [3.05, 3.63) is 29.8 Å². The van der Waals surface area contributed by atoms with E-state index >= 15 is 0 Å². The number of carbonyl (C=O) groups excluding carboxylic acids is 1. The quantitative estimate of drug-likeness (QED) is 0.645. The van der Waals surface area contributed by atoms with Crippen LogP contribution in [0.3, 0.4) is 0 Å². The lowest BCUT2D eigenvalue weighted by Gasteiger charge is -2.22. The summed E-state index contributed by atoms with van der Waals surface area (Å²) in [5.74, 6) is 0.0828. The van der Waals surface area contributed by atoms with E-state index in [-0.39, 0.29) is 23.5 Å². The minimum Gasteiger partial charge on any atom is -0.353 e. The molecule has 0 spiro atoms. The van der Waals surface area contributed by atoms with E-state index in [1.807, 2.05) is 6.92 Å². The Labute approximate surface area is 125 Å². The molecule has 0 aromatic heterocycles. The number of piperidine rings is 1. The molecule has 6 heteroatoms. The van der Waals surface area contributed by atoms with E-state index in [9.17, 15) is 13.2 Å². The lowest BCUT2D eigenvalue weighted by Crippen LogP contribution is -2.38. The molecule has 1 fully saturated rings. The molecule has 21 heavy (non-hydrogen) atoms. The maximum absolute atomic E-state index is 12.0. The Balaban J connectivity index is 1.77. The van der Waals surface area contributed by atoms with Gasteiger partial charge in [-0.2, -0.15) is 8.42 Å². The Morgan fingerprint density at radius 2 is 2.00 bits per heavy atom. The first kappa shape index (κ1) is 16.0. The number of nitrogens with one attached hydrogen (secondary N) is 1. The van der Waals surface area contributed by atoms with Gasteiger partial charge in [0.1, 0.15) is 0 Å². The van der Waals surface area contributed by atoms with Gasteiger partial charge in [0.2, 0.25) is 5.91 Å². The molecule has 1 aliphatic heterocycles. The van der Waals surface area contributed by atoms with Crippen LogP contribution >= 0.6 is 0 Å². The Bertz CT molecular complexity index is 580. The highest BCUT2D eigenvalue weighted by molar-refractivity contribution is 7.86. The molecular formula is C15H21NO4S. The average molecular weight is 311 g/mol. The van der Waals surface area contributed by atoms with E-state index in [4.69, 9.17) is 4.18 Å². The smallest absolute Gasteiger partial charge is 0.296 e. The van der Waals surface area contributed by atoms with Crippen LogP contribution in [0.5, 0.6) is 0 Å². The molecular weight excluding hydrogens is 290 g/mol. The molecule has 1 amide bonds. The van der Waals surface area contributed by atoms with Gasteiger partial charge in [-0.15, -0.1) is 0 Å². The molecule has 0 saturated carbocycles. The van der Waals surface area contributed by atoms with Crippen molar-refractivity contribution in [2.24, 2.45) is 0 Å². The van der Waals surface area contributed by atoms with Gasteiger partial charge in [0, 0.05) is 12.5 Å². The fraction of sp³-hybridized carbons (Fsp3) is 0.533. The number of rotatable bonds is 6. The summed E-state index contributed by atoms with van der Waals surface area (Å²) in [7, 11) is -3.68. The monoisotopic (exact) mass is 311 g/mol. The maximum atomic E-state index is 12.0. The lowest BCUT2D eigenvalue weighted by molar-refractivity contribution is -0.123. The van der Waals surface area contributed by atoms with Gasteiger partial charge in [-0.25, -0.2) is 0 Å². The standard InChI is InChI=1S/C15H21NO4S/c1-12-7-9-14(10-8-12)21(18,19)20-11-3-5-13-4-2-6-15(17)16-13/h7-10,13H,2-6,11H2,1H3,(H,16,17)/t13-/m1/s1. The summed E-state index contributed by atoms with van der Waals surface area (Å²) >= 11 is 0. The summed E-state index contributed by atoms with van der Waals surface area (Å²) in [6.07, 6.45) is 3.80. The Hall–Kier alpha value is -1.40. The Kier molecular flexibility index (Phi) is 5.36. The first-order chi connectivity index (χ1) is 9.97. The normalized spacial score (nSPS) is 19.3. The molecule has 1 aromatic carbocycles. The second kappa shape index (κ2) is 7.04. The summed E-state index contributed by atoms with van der Waals surface area (Å²) < 4.78 is 28.9. The first-order valence-corrected chi connectivity index (χ1v) is 8.64. The van der Waals surface area contributed by atoms with Gasteiger partial charge in [0.25, 0.3) is 10.1 Å². The lowest BCUT2D eigenvalue weighted by atomic mass is 10.0. The van der Waals surface area contributed by atoms with Gasteiger partial charge in [-0.05, 0) is 44.7 Å². The number of hydrogen-bond donors (Lipinski definition) is 1. The van der Waals surface area contributed by atoms with Crippen molar-refractivity contribution in [2.45, 2.75) is 50.0 Å². The summed E-state index contributed by atoms with van der Waals surface area (Å²) in [6, 6.07) is 6.73. The zero-order valence-electron chi connectivity index (χ0n) is 12.2. The largest absolute Gasteiger partial charge is 0.353 e. The third kappa shape index (κ3) is 4.82. The molecule has 1 aliphatic rings. The number of amides is 1. The Morgan fingerprint density at radius 1 is 1.29 bits per heavy atom. The van der Waals surface area contributed by atoms with Gasteiger partial charge in [0.05, 0.1) is 11.5 Å². The van der Waals surface area contributed by atoms with Crippen LogP contribution in [0.4, 0.5) is 0 Å². The van der Waals surface area contributed by atoms with Crippen LogP contribution in [-0.2, 0) is 19.1 Å². The molecule has 1 aromatic rings. The van der Waals surface area contributed by atoms with Crippen molar-refractivity contribution in [1.29, 1.82) is 0 Å². The number of benzene rings is 1. The van der Waals surface area contributed by atoms with Crippen LogP contribution in [0, 0.1) is 6.92 Å². The Morgan fingerprint density at radius 3 is 2.67 bits per heavy atom. The third-order valence-electron chi connectivity index (χ3n) is 3.57. The minimum atomic E-state index is -3.68. The van der Waals surface area contributed by atoms with E-state index in [1.54, 1.807) is 24.3 Å². The molecule has 116 valence electrons. The van der Waals surface area contributed by atoms with Crippen molar-refractivity contribution in [3.8, 4) is 0 Å². The van der Waals surface area contributed by atoms with Crippen LogP contribution in [0.1, 0.15) is 37.7 Å². The second-order valence-electron chi connectivity index (χ2n) is 5.39. The van der Waals surface area contributed by atoms with E-state index in [1.165, 1.54) is 0 Å². The number of carbonyl (C=O) groups is 1. The van der Waals surface area contributed by atoms with Crippen molar-refractivity contribution in [1.82, 2.24) is 5.32 Å². The molecule has 0 radical (unpaired) electrons. The van der Waals surface area contributed by atoms with Gasteiger partial charge in [-0.1, -0.05) is 17.7 Å². The van der Waals surface area contributed by atoms with E-state index < -0.39 is 10.1 Å². The second-order valence-corrected chi connectivity index (χ2v) is 7.00. The zero-order valence-corrected chi connectivity index (χ0v) is 13.0. The molecule has 0 bridgehead atoms. The summed E-state index contributed by atoms with van der Waals surface area (Å²) in [5.41, 5.74) is 1.00. The van der Waals surface area contributed by atoms with E-state index in [0.717, 1.165) is 24.8 Å². The topological polar surface area (TPSA) is 72.5 Å². The van der Waals surface area contributed by atoms with E-state index in [0.29, 0.717) is 12.8 Å². The van der Waals surface area contributed by atoms with Crippen molar-refractivity contribution >= 4 is 16.0 Å². The fourth-order valence-electron chi connectivity index (χ4n) is 2.37. The molecule has 1 atom stereocenters. The van der Waals surface area contributed by atoms with Gasteiger partial charge in [0.15, 0.2) is 0 Å². The number of aryl methyl sites for hydroxylation is 1. The van der Waals surface area contributed by atoms with E-state index in [2.05, 4.69) is 5.32 Å². The minimum absolute atomic E-state index is 0.0828. The van der Waals surface area contributed by atoms with Crippen LogP contribution < -0.4 is 5.32 Å². The fourth-order valence-corrected chi connectivity index (χ4v) is 3.31. The maximum Gasteiger partial charge on any atom is 0.296 e. The van der Waals surface area contributed by atoms with Crippen LogP contribution in [0.15, 0.2) is 29.2 Å². The predicted molar refractivity (Wildman–Crippen MR) is 79.3 cm³/mol. The summed E-state index contributed by atoms with van der Waals surface area (Å²) in [4.78, 5) is 11.4. The zero-order chi connectivity index (χ0) is 15.3. The van der Waals surface area contributed by atoms with Gasteiger partial charge >= 0.3 is 0 Å². The van der Waals surface area contributed by atoms with Crippen LogP contribution in [0.25, 0.3) is 0 Å². The van der Waals surface area contributed by atoms with Crippen LogP contribution in [-0.4, -0.2) is 27.0 Å². The molecule has 2 rings (SSSR count). The highest BCUT2D eigenvalue weighted by atomic mass is 32.2. The molecule has 1 saturated heterocycles. The van der Waals surface area contributed by atoms with Gasteiger partial charge < -0.3 is 5.32 Å². The molecule has 1 heterocycles.